The minimum Gasteiger partial charge on any atom is -0.478 e. The van der Waals surface area contributed by atoms with Crippen LogP contribution in [-0.2, 0) is 0 Å². The van der Waals surface area contributed by atoms with E-state index in [1.165, 1.54) is 0 Å². The van der Waals surface area contributed by atoms with Crippen molar-refractivity contribution in [1.82, 2.24) is 15.1 Å². The molecule has 6 heteroatoms. The van der Waals surface area contributed by atoms with Crippen LogP contribution < -0.4 is 5.32 Å². The summed E-state index contributed by atoms with van der Waals surface area (Å²) in [5.41, 5.74) is 1.52. The number of nitrogens with zero attached hydrogens (tertiary/aromatic N) is 3. The van der Waals surface area contributed by atoms with Crippen LogP contribution in [0.25, 0.3) is 0 Å². The Hall–Kier alpha value is -1.69. The van der Waals surface area contributed by atoms with E-state index in [1.807, 2.05) is 0 Å². The summed E-state index contributed by atoms with van der Waals surface area (Å²) in [6.45, 7) is 9.43. The molecule has 0 aliphatic heterocycles. The van der Waals surface area contributed by atoms with Gasteiger partial charge in [0.1, 0.15) is 5.56 Å². The van der Waals surface area contributed by atoms with Crippen molar-refractivity contribution in [2.75, 3.05) is 25.5 Å². The maximum absolute atomic E-state index is 11.3. The maximum atomic E-state index is 11.3. The summed E-state index contributed by atoms with van der Waals surface area (Å²) in [6, 6.07) is 0.506. The highest BCUT2D eigenvalue weighted by Crippen LogP contribution is 2.18. The fourth-order valence-corrected chi connectivity index (χ4v) is 1.79. The molecule has 0 aromatic carbocycles. The molecule has 112 valence electrons. The molecule has 0 aliphatic carbocycles. The molecular weight excluding hydrogens is 256 g/mol. The highest BCUT2D eigenvalue weighted by atomic mass is 16.4. The number of carbonyl (C=O) groups is 1. The number of carboxylic acids is 1. The van der Waals surface area contributed by atoms with Gasteiger partial charge in [-0.1, -0.05) is 0 Å². The Morgan fingerprint density at radius 3 is 2.55 bits per heavy atom. The smallest absolute Gasteiger partial charge is 0.339 e. The lowest BCUT2D eigenvalue weighted by molar-refractivity contribution is 0.0696. The summed E-state index contributed by atoms with van der Waals surface area (Å²) in [4.78, 5) is 13.6. The van der Waals surface area contributed by atoms with Crippen LogP contribution in [0, 0.1) is 13.8 Å². The summed E-state index contributed by atoms with van der Waals surface area (Å²) in [5.74, 6) is -0.616. The number of hydrogen-bond donors (Lipinski definition) is 2. The number of aryl methyl sites for hydroxylation is 1. The van der Waals surface area contributed by atoms with E-state index < -0.39 is 5.97 Å². The van der Waals surface area contributed by atoms with Gasteiger partial charge in [-0.25, -0.2) is 4.79 Å². The van der Waals surface area contributed by atoms with Crippen molar-refractivity contribution >= 4 is 11.8 Å². The Morgan fingerprint density at radius 2 is 2.00 bits per heavy atom. The highest BCUT2D eigenvalue weighted by molar-refractivity contribution is 5.94. The van der Waals surface area contributed by atoms with Gasteiger partial charge in [0.05, 0.1) is 5.69 Å². The average Bonchev–Trinajstić information content (AvgIpc) is 2.37. The van der Waals surface area contributed by atoms with Crippen LogP contribution in [0.1, 0.15) is 41.9 Å². The van der Waals surface area contributed by atoms with E-state index in [0.29, 0.717) is 29.7 Å². The van der Waals surface area contributed by atoms with Gasteiger partial charge in [0.15, 0.2) is 5.82 Å². The lowest BCUT2D eigenvalue weighted by Gasteiger charge is -2.21. The van der Waals surface area contributed by atoms with Gasteiger partial charge in [-0.3, -0.25) is 0 Å². The number of anilines is 1. The minimum absolute atomic E-state index is 0.217. The molecule has 0 bridgehead atoms. The number of nitrogens with one attached hydrogen (secondary N) is 1. The molecule has 20 heavy (non-hydrogen) atoms. The van der Waals surface area contributed by atoms with Gasteiger partial charge in [-0.05, 0) is 53.3 Å². The number of hydrogen-bond acceptors (Lipinski definition) is 5. The molecule has 1 aromatic heterocycles. The minimum atomic E-state index is -0.970. The zero-order valence-electron chi connectivity index (χ0n) is 12.9. The van der Waals surface area contributed by atoms with E-state index in [2.05, 4.69) is 41.3 Å². The predicted molar refractivity (Wildman–Crippen MR) is 79.3 cm³/mol. The Bertz CT molecular complexity index is 474. The highest BCUT2D eigenvalue weighted by Gasteiger charge is 2.17. The van der Waals surface area contributed by atoms with E-state index in [9.17, 15) is 9.90 Å². The van der Waals surface area contributed by atoms with Crippen molar-refractivity contribution in [1.29, 1.82) is 0 Å². The molecule has 0 amide bonds. The van der Waals surface area contributed by atoms with Crippen LogP contribution in [0.15, 0.2) is 0 Å². The molecule has 0 unspecified atom stereocenters. The maximum Gasteiger partial charge on any atom is 0.339 e. The fourth-order valence-electron chi connectivity index (χ4n) is 1.79. The third kappa shape index (κ3) is 4.16. The quantitative estimate of drug-likeness (QED) is 0.743. The molecule has 0 saturated carbocycles. The van der Waals surface area contributed by atoms with Gasteiger partial charge >= 0.3 is 5.97 Å². The van der Waals surface area contributed by atoms with Gasteiger partial charge in [0.2, 0.25) is 0 Å². The Morgan fingerprint density at radius 1 is 1.35 bits per heavy atom. The first-order chi connectivity index (χ1) is 9.34. The molecule has 1 heterocycles. The van der Waals surface area contributed by atoms with Crippen LogP contribution >= 0.6 is 0 Å². The zero-order chi connectivity index (χ0) is 15.3. The van der Waals surface area contributed by atoms with E-state index >= 15 is 0 Å². The monoisotopic (exact) mass is 280 g/mol. The van der Waals surface area contributed by atoms with Crippen LogP contribution in [0.4, 0.5) is 5.82 Å². The van der Waals surface area contributed by atoms with Crippen LogP contribution in [0.2, 0.25) is 0 Å². The summed E-state index contributed by atoms with van der Waals surface area (Å²) in [6.07, 6.45) is 0.919. The SMILES string of the molecule is Cc1nnc(NCCCN(C)C(C)C)c(C(=O)O)c1C. The number of rotatable bonds is 7. The normalized spacial score (nSPS) is 11.2. The number of aromatic carboxylic acids is 1. The van der Waals surface area contributed by atoms with E-state index in [0.717, 1.165) is 13.0 Å². The van der Waals surface area contributed by atoms with Gasteiger partial charge in [0, 0.05) is 12.6 Å². The second-order valence-corrected chi connectivity index (χ2v) is 5.29. The fraction of sp³-hybridized carbons (Fsp3) is 0.643. The predicted octanol–water partition coefficient (Wildman–Crippen LogP) is 1.93. The molecule has 1 rings (SSSR count). The number of aromatic nitrogens is 2. The second-order valence-electron chi connectivity index (χ2n) is 5.29. The molecule has 2 N–H and O–H groups in total. The van der Waals surface area contributed by atoms with Gasteiger partial charge in [-0.15, -0.1) is 5.10 Å². The average molecular weight is 280 g/mol. The van der Waals surface area contributed by atoms with Crippen LogP contribution in [0.5, 0.6) is 0 Å². The number of carboxylic acid groups (broad SMARTS) is 1. The summed E-state index contributed by atoms with van der Waals surface area (Å²) < 4.78 is 0. The van der Waals surface area contributed by atoms with Gasteiger partial charge < -0.3 is 15.3 Å². The zero-order valence-corrected chi connectivity index (χ0v) is 12.9. The Labute approximate surface area is 120 Å². The molecule has 0 saturated heterocycles. The first-order valence-electron chi connectivity index (χ1n) is 6.85. The lowest BCUT2D eigenvalue weighted by atomic mass is 10.1. The summed E-state index contributed by atoms with van der Waals surface area (Å²) >= 11 is 0. The lowest BCUT2D eigenvalue weighted by Crippen LogP contribution is -2.28. The second kappa shape index (κ2) is 7.19. The largest absolute Gasteiger partial charge is 0.478 e. The van der Waals surface area contributed by atoms with Crippen molar-refractivity contribution in [3.63, 3.8) is 0 Å². The standard InChI is InChI=1S/C14H24N4O2/c1-9(2)18(5)8-6-7-15-13-12(14(19)20)10(3)11(4)16-17-13/h9H,6-8H2,1-5H3,(H,15,17)(H,19,20). The molecule has 0 atom stereocenters. The molecular formula is C14H24N4O2. The van der Waals surface area contributed by atoms with E-state index in [-0.39, 0.29) is 5.56 Å². The third-order valence-electron chi connectivity index (χ3n) is 3.53. The van der Waals surface area contributed by atoms with Crippen molar-refractivity contribution in [3.05, 3.63) is 16.8 Å². The van der Waals surface area contributed by atoms with Crippen molar-refractivity contribution in [2.24, 2.45) is 0 Å². The first kappa shape index (κ1) is 16.4. The molecule has 0 spiro atoms. The topological polar surface area (TPSA) is 78.4 Å². The van der Waals surface area contributed by atoms with Crippen molar-refractivity contribution in [2.45, 2.75) is 40.2 Å². The van der Waals surface area contributed by atoms with Crippen LogP contribution in [0.3, 0.4) is 0 Å². The van der Waals surface area contributed by atoms with E-state index in [4.69, 9.17) is 0 Å². The Kier molecular flexibility index (Phi) is 5.88. The van der Waals surface area contributed by atoms with Crippen molar-refractivity contribution < 1.29 is 9.90 Å². The Balaban J connectivity index is 2.65. The molecule has 0 radical (unpaired) electrons. The van der Waals surface area contributed by atoms with Gasteiger partial charge in [-0.2, -0.15) is 5.10 Å². The van der Waals surface area contributed by atoms with Gasteiger partial charge in [0.25, 0.3) is 0 Å². The summed E-state index contributed by atoms with van der Waals surface area (Å²) in [7, 11) is 2.07. The molecule has 6 nitrogen and oxygen atoms in total. The molecule has 1 aromatic rings. The van der Waals surface area contributed by atoms with Crippen LogP contribution in [-0.4, -0.2) is 52.4 Å². The van der Waals surface area contributed by atoms with E-state index in [1.54, 1.807) is 13.8 Å². The summed E-state index contributed by atoms with van der Waals surface area (Å²) in [5, 5.41) is 20.3. The first-order valence-corrected chi connectivity index (χ1v) is 6.85. The molecule has 0 aliphatic rings. The molecule has 0 fully saturated rings. The third-order valence-corrected chi connectivity index (χ3v) is 3.53. The van der Waals surface area contributed by atoms with Crippen molar-refractivity contribution in [3.8, 4) is 0 Å².